The summed E-state index contributed by atoms with van der Waals surface area (Å²) in [4.78, 5) is 0.260. The molecule has 1 aromatic rings. The lowest BCUT2D eigenvalue weighted by molar-refractivity contribution is -0.161. The Labute approximate surface area is 212 Å². The average Bonchev–Trinajstić information content (AvgIpc) is 3.34. The largest absolute Gasteiger partial charge is 0.381 e. The van der Waals surface area contributed by atoms with Crippen molar-refractivity contribution in [2.24, 2.45) is 51.8 Å². The summed E-state index contributed by atoms with van der Waals surface area (Å²) in [7, 11) is -1.76. The molecule has 0 saturated heterocycles. The molecule has 5 fully saturated rings. The molecular weight excluding hydrogens is 456 g/mol. The normalized spacial score (nSPS) is 46.9. The van der Waals surface area contributed by atoms with Gasteiger partial charge >= 0.3 is 0 Å². The summed E-state index contributed by atoms with van der Waals surface area (Å²) in [6.07, 6.45) is 11.0. The number of rotatable bonds is 6. The van der Waals surface area contributed by atoms with Crippen LogP contribution < -0.4 is 0 Å². The number of ether oxygens (including phenoxy) is 1. The summed E-state index contributed by atoms with van der Waals surface area (Å²) in [5.41, 5.74) is 2.25. The number of methoxy groups -OCH3 is 1. The van der Waals surface area contributed by atoms with E-state index in [0.29, 0.717) is 22.9 Å². The van der Waals surface area contributed by atoms with Gasteiger partial charge in [-0.05, 0) is 117 Å². The van der Waals surface area contributed by atoms with E-state index in [1.54, 1.807) is 12.1 Å². The third-order valence-electron chi connectivity index (χ3n) is 12.4. The van der Waals surface area contributed by atoms with Crippen LogP contribution in [-0.4, -0.2) is 28.2 Å². The van der Waals surface area contributed by atoms with Gasteiger partial charge in [-0.25, -0.2) is 0 Å². The maximum atomic E-state index is 12.8. The lowest BCUT2D eigenvalue weighted by Gasteiger charge is -2.61. The van der Waals surface area contributed by atoms with Crippen molar-refractivity contribution in [2.75, 3.05) is 13.7 Å². The number of fused-ring (bicyclic) bond motifs is 4. The Morgan fingerprint density at radius 3 is 2.46 bits per heavy atom. The summed E-state index contributed by atoms with van der Waals surface area (Å²) >= 11 is 0. The molecule has 6 rings (SSSR count). The standard InChI is InChI=1S/C30H44O4S/c1-19-6-8-22(9-7-19)35(31,32)34-18-20(2)24-10-11-25-23-16-27(33-5)30-17-21(30)12-15-29(30,4)26(23)13-14-28(24,25)3/h6-9,20-21,23-27H,10-18H2,1-5H3/t20-,21+,23+,24-,25+,26+,27-,28-,29-,30+/m1/s1. The van der Waals surface area contributed by atoms with E-state index in [0.717, 1.165) is 29.2 Å². The van der Waals surface area contributed by atoms with E-state index in [2.05, 4.69) is 20.8 Å². The predicted octanol–water partition coefficient (Wildman–Crippen LogP) is 6.62. The van der Waals surface area contributed by atoms with E-state index in [9.17, 15) is 8.42 Å². The first-order valence-electron chi connectivity index (χ1n) is 14.1. The molecule has 4 nitrogen and oxygen atoms in total. The quantitative estimate of drug-likeness (QED) is 0.412. The first kappa shape index (κ1) is 24.4. The molecule has 194 valence electrons. The summed E-state index contributed by atoms with van der Waals surface area (Å²) in [6, 6.07) is 6.97. The van der Waals surface area contributed by atoms with Gasteiger partial charge in [-0.1, -0.05) is 38.5 Å². The Bertz CT molecular complexity index is 1080. The van der Waals surface area contributed by atoms with Crippen LogP contribution in [0.5, 0.6) is 0 Å². The summed E-state index contributed by atoms with van der Waals surface area (Å²) in [5.74, 6) is 3.98. The van der Waals surface area contributed by atoms with Crippen LogP contribution in [0.4, 0.5) is 0 Å². The highest BCUT2D eigenvalue weighted by Crippen LogP contribution is 2.82. The molecule has 0 amide bonds. The van der Waals surface area contributed by atoms with E-state index in [-0.39, 0.29) is 22.8 Å². The first-order chi connectivity index (χ1) is 16.6. The molecule has 0 aliphatic heterocycles. The second-order valence-corrected chi connectivity index (χ2v) is 15.1. The van der Waals surface area contributed by atoms with Crippen molar-refractivity contribution in [3.63, 3.8) is 0 Å². The number of benzene rings is 1. The Morgan fingerprint density at radius 2 is 1.77 bits per heavy atom. The van der Waals surface area contributed by atoms with Gasteiger partial charge in [0.1, 0.15) is 0 Å². The molecule has 10 atom stereocenters. The average molecular weight is 501 g/mol. The predicted molar refractivity (Wildman–Crippen MR) is 137 cm³/mol. The van der Waals surface area contributed by atoms with Gasteiger partial charge in [0, 0.05) is 12.5 Å². The monoisotopic (exact) mass is 500 g/mol. The molecule has 0 radical (unpaired) electrons. The van der Waals surface area contributed by atoms with Gasteiger partial charge < -0.3 is 4.74 Å². The highest BCUT2D eigenvalue weighted by atomic mass is 32.2. The minimum Gasteiger partial charge on any atom is -0.381 e. The molecule has 0 unspecified atom stereocenters. The topological polar surface area (TPSA) is 52.6 Å². The van der Waals surface area contributed by atoms with Crippen LogP contribution >= 0.6 is 0 Å². The van der Waals surface area contributed by atoms with Crippen LogP contribution in [0.2, 0.25) is 0 Å². The fourth-order valence-electron chi connectivity index (χ4n) is 10.6. The lowest BCUT2D eigenvalue weighted by Crippen LogP contribution is -2.57. The zero-order valence-electron chi connectivity index (χ0n) is 22.3. The number of hydrogen-bond donors (Lipinski definition) is 0. The van der Waals surface area contributed by atoms with Crippen molar-refractivity contribution in [1.29, 1.82) is 0 Å². The molecule has 0 aromatic heterocycles. The second kappa shape index (κ2) is 8.04. The molecular formula is C30H44O4S. The maximum Gasteiger partial charge on any atom is 0.296 e. The van der Waals surface area contributed by atoms with Gasteiger partial charge in [0.15, 0.2) is 0 Å². The Balaban J connectivity index is 1.18. The summed E-state index contributed by atoms with van der Waals surface area (Å²) in [5, 5.41) is 0. The minimum absolute atomic E-state index is 0.227. The fraction of sp³-hybridized carbons (Fsp3) is 0.800. The van der Waals surface area contributed by atoms with Crippen molar-refractivity contribution in [3.8, 4) is 0 Å². The maximum absolute atomic E-state index is 12.8. The van der Waals surface area contributed by atoms with Gasteiger partial charge in [-0.15, -0.1) is 0 Å². The molecule has 0 bridgehead atoms. The van der Waals surface area contributed by atoms with E-state index >= 15 is 0 Å². The SMILES string of the molecule is CO[C@@H]1C[C@H]2[C@@H]3CC[C@H]([C@H](C)COS(=O)(=O)c4ccc(C)cc4)[C@@]3(C)CC[C@@H]2[C@@]2(C)CC[C@H]3C[C@]312. The van der Waals surface area contributed by atoms with Gasteiger partial charge in [0.05, 0.1) is 17.6 Å². The van der Waals surface area contributed by atoms with Crippen LogP contribution in [0.3, 0.4) is 0 Å². The Hall–Kier alpha value is -0.910. The Kier molecular flexibility index (Phi) is 5.61. The van der Waals surface area contributed by atoms with E-state index in [1.807, 2.05) is 26.2 Å². The zero-order chi connectivity index (χ0) is 24.8. The molecule has 5 aliphatic carbocycles. The second-order valence-electron chi connectivity index (χ2n) is 13.5. The van der Waals surface area contributed by atoms with E-state index in [4.69, 9.17) is 8.92 Å². The fourth-order valence-corrected chi connectivity index (χ4v) is 11.6. The molecule has 1 aromatic carbocycles. The first-order valence-corrected chi connectivity index (χ1v) is 15.5. The van der Waals surface area contributed by atoms with Gasteiger partial charge in [-0.2, -0.15) is 8.42 Å². The zero-order valence-corrected chi connectivity index (χ0v) is 23.1. The van der Waals surface area contributed by atoms with Gasteiger partial charge in [0.25, 0.3) is 10.1 Å². The van der Waals surface area contributed by atoms with Crippen LogP contribution in [0.15, 0.2) is 29.2 Å². The third kappa shape index (κ3) is 3.32. The van der Waals surface area contributed by atoms with E-state index < -0.39 is 10.1 Å². The van der Waals surface area contributed by atoms with Crippen LogP contribution in [0.25, 0.3) is 0 Å². The number of aryl methyl sites for hydroxylation is 1. The van der Waals surface area contributed by atoms with Crippen molar-refractivity contribution >= 4 is 10.1 Å². The van der Waals surface area contributed by atoms with Gasteiger partial charge in [-0.3, -0.25) is 4.18 Å². The van der Waals surface area contributed by atoms with Crippen molar-refractivity contribution in [2.45, 2.75) is 90.1 Å². The molecule has 5 saturated carbocycles. The summed E-state index contributed by atoms with van der Waals surface area (Å²) < 4.78 is 37.5. The lowest BCUT2D eigenvalue weighted by atomic mass is 9.45. The highest BCUT2D eigenvalue weighted by Gasteiger charge is 2.77. The molecule has 5 aliphatic rings. The number of hydrogen-bond acceptors (Lipinski definition) is 4. The van der Waals surface area contributed by atoms with Crippen molar-refractivity contribution in [3.05, 3.63) is 29.8 Å². The molecule has 0 heterocycles. The Morgan fingerprint density at radius 1 is 1.03 bits per heavy atom. The molecule has 5 heteroatoms. The van der Waals surface area contributed by atoms with Crippen LogP contribution in [0.1, 0.15) is 77.7 Å². The minimum atomic E-state index is -3.72. The molecule has 0 N–H and O–H groups in total. The van der Waals surface area contributed by atoms with Crippen molar-refractivity contribution in [1.82, 2.24) is 0 Å². The van der Waals surface area contributed by atoms with Gasteiger partial charge in [0.2, 0.25) is 0 Å². The highest BCUT2D eigenvalue weighted by molar-refractivity contribution is 7.86. The third-order valence-corrected chi connectivity index (χ3v) is 13.7. The van der Waals surface area contributed by atoms with Crippen molar-refractivity contribution < 1.29 is 17.3 Å². The van der Waals surface area contributed by atoms with Crippen LogP contribution in [0, 0.1) is 58.7 Å². The van der Waals surface area contributed by atoms with E-state index in [1.165, 1.54) is 51.4 Å². The smallest absolute Gasteiger partial charge is 0.296 e. The molecule has 35 heavy (non-hydrogen) atoms. The molecule has 1 spiro atoms. The van der Waals surface area contributed by atoms with Crippen LogP contribution in [-0.2, 0) is 19.0 Å². The summed E-state index contributed by atoms with van der Waals surface area (Å²) in [6.45, 7) is 9.61.